The van der Waals surface area contributed by atoms with E-state index in [0.717, 1.165) is 0 Å². The first-order valence-corrected chi connectivity index (χ1v) is 7.74. The average molecular weight is 358 g/mol. The molecule has 0 bridgehead atoms. The molecule has 3 heteroatoms. The molecule has 0 aliphatic carbocycles. The minimum atomic E-state index is -0.446. The van der Waals surface area contributed by atoms with E-state index >= 15 is 0 Å². The van der Waals surface area contributed by atoms with Gasteiger partial charge in [0, 0.05) is 16.8 Å². The molecule has 0 aromatic heterocycles. The Morgan fingerprint density at radius 2 is 0.667 bits per heavy atom. The second-order valence-electron chi connectivity index (χ2n) is 4.34. The maximum Gasteiger partial charge on any atom is 0 e. The summed E-state index contributed by atoms with van der Waals surface area (Å²) in [6.45, 7) is 0. The smallest absolute Gasteiger partial charge is 0 e. The van der Waals surface area contributed by atoms with Gasteiger partial charge in [0.15, 0.2) is 0 Å². The Morgan fingerprint density at radius 1 is 0.429 bits per heavy atom. The van der Waals surface area contributed by atoms with Crippen molar-refractivity contribution < 1.29 is 16.8 Å². The van der Waals surface area contributed by atoms with E-state index in [1.165, 1.54) is 15.9 Å². The molecular weight excluding hydrogens is 342 g/mol. The Morgan fingerprint density at radius 3 is 0.905 bits per heavy atom. The predicted octanol–water partition coefficient (Wildman–Crippen LogP) is 3.86. The van der Waals surface area contributed by atoms with E-state index in [1.807, 2.05) is 0 Å². The molecule has 0 atom stereocenters. The molecule has 0 aliphatic rings. The molecule has 0 aliphatic heterocycles. The van der Waals surface area contributed by atoms with Gasteiger partial charge in [-0.25, -0.2) is 0 Å². The maximum atomic E-state index is 2.23. The molecule has 0 spiro atoms. The molecule has 1 radical (unpaired) electrons. The molecule has 109 valence electrons. The van der Waals surface area contributed by atoms with Crippen LogP contribution in [0.5, 0.6) is 0 Å². The quantitative estimate of drug-likeness (QED) is 0.624. The van der Waals surface area contributed by atoms with Crippen LogP contribution in [0.3, 0.4) is 0 Å². The number of rotatable bonds is 3. The van der Waals surface area contributed by atoms with Crippen LogP contribution in [0.1, 0.15) is 0 Å². The van der Waals surface area contributed by atoms with Crippen LogP contribution in [0, 0.1) is 0 Å². The van der Waals surface area contributed by atoms with Crippen molar-refractivity contribution in [1.82, 2.24) is 0 Å². The average Bonchev–Trinajstić information content (AvgIpc) is 2.51. The van der Waals surface area contributed by atoms with E-state index in [4.69, 9.17) is 0 Å². The zero-order chi connectivity index (χ0) is 12.9. The molecule has 0 fully saturated rings. The Bertz CT molecular complexity index is 535. The SMILES string of the molecule is Cl.[Co].c1ccc(P(c2ccccc2)c2ccccc2)cc1. The summed E-state index contributed by atoms with van der Waals surface area (Å²) in [5, 5.41) is 4.19. The van der Waals surface area contributed by atoms with Gasteiger partial charge in [0.2, 0.25) is 0 Å². The molecule has 0 saturated heterocycles. The first-order chi connectivity index (χ1) is 9.45. The largest absolute Gasteiger partial charge is 0.147 e. The molecule has 3 rings (SSSR count). The van der Waals surface area contributed by atoms with Gasteiger partial charge in [0.25, 0.3) is 0 Å². The molecular formula is C18H16ClCoP. The Hall–Kier alpha value is -1.11. The summed E-state index contributed by atoms with van der Waals surface area (Å²) in [5.41, 5.74) is 0. The number of halogens is 1. The van der Waals surface area contributed by atoms with Gasteiger partial charge in [0.05, 0.1) is 0 Å². The van der Waals surface area contributed by atoms with Crippen molar-refractivity contribution in [2.45, 2.75) is 0 Å². The van der Waals surface area contributed by atoms with E-state index in [0.29, 0.717) is 0 Å². The molecule has 3 aromatic carbocycles. The van der Waals surface area contributed by atoms with Crippen molar-refractivity contribution in [3.8, 4) is 0 Å². The van der Waals surface area contributed by atoms with Gasteiger partial charge in [-0.05, 0) is 23.8 Å². The summed E-state index contributed by atoms with van der Waals surface area (Å²) >= 11 is 0. The van der Waals surface area contributed by atoms with Crippen molar-refractivity contribution in [3.63, 3.8) is 0 Å². The summed E-state index contributed by atoms with van der Waals surface area (Å²) in [4.78, 5) is 0. The number of benzene rings is 3. The van der Waals surface area contributed by atoms with Gasteiger partial charge in [-0.3, -0.25) is 0 Å². The zero-order valence-electron chi connectivity index (χ0n) is 11.3. The van der Waals surface area contributed by atoms with Crippen LogP contribution in [-0.4, -0.2) is 0 Å². The fourth-order valence-corrected chi connectivity index (χ4v) is 4.48. The number of hydrogen-bond acceptors (Lipinski definition) is 0. The first kappa shape index (κ1) is 17.9. The van der Waals surface area contributed by atoms with E-state index in [2.05, 4.69) is 91.0 Å². The molecule has 0 amide bonds. The Labute approximate surface area is 144 Å². The van der Waals surface area contributed by atoms with E-state index in [9.17, 15) is 0 Å². The molecule has 0 heterocycles. The van der Waals surface area contributed by atoms with Crippen molar-refractivity contribution in [1.29, 1.82) is 0 Å². The maximum absolute atomic E-state index is 2.23. The standard InChI is InChI=1S/C18H15P.ClH.Co/c1-4-10-16(11-5-1)19(17-12-6-2-7-13-17)18-14-8-3-9-15-18;;/h1-15H;1H;. The summed E-state index contributed by atoms with van der Waals surface area (Å²) in [6, 6.07) is 32.3. The Kier molecular flexibility index (Phi) is 7.70. The van der Waals surface area contributed by atoms with Crippen LogP contribution in [0.2, 0.25) is 0 Å². The van der Waals surface area contributed by atoms with Crippen molar-refractivity contribution in [2.75, 3.05) is 0 Å². The fourth-order valence-electron chi connectivity index (χ4n) is 2.18. The Balaban J connectivity index is 0.00000110. The summed E-state index contributed by atoms with van der Waals surface area (Å²) < 4.78 is 0. The fraction of sp³-hybridized carbons (Fsp3) is 0. The molecule has 0 nitrogen and oxygen atoms in total. The van der Waals surface area contributed by atoms with Crippen LogP contribution >= 0.6 is 20.3 Å². The summed E-state index contributed by atoms with van der Waals surface area (Å²) in [5.74, 6) is 0. The van der Waals surface area contributed by atoms with Crippen LogP contribution in [-0.2, 0) is 16.8 Å². The predicted molar refractivity (Wildman–Crippen MR) is 92.4 cm³/mol. The van der Waals surface area contributed by atoms with Gasteiger partial charge in [0.1, 0.15) is 0 Å². The summed E-state index contributed by atoms with van der Waals surface area (Å²) in [6.07, 6.45) is 0. The van der Waals surface area contributed by atoms with Crippen molar-refractivity contribution in [2.24, 2.45) is 0 Å². The first-order valence-electron chi connectivity index (χ1n) is 6.40. The van der Waals surface area contributed by atoms with Gasteiger partial charge in [-0.2, -0.15) is 0 Å². The third-order valence-electron chi connectivity index (χ3n) is 3.04. The summed E-state index contributed by atoms with van der Waals surface area (Å²) in [7, 11) is -0.446. The van der Waals surface area contributed by atoms with Gasteiger partial charge >= 0.3 is 0 Å². The van der Waals surface area contributed by atoms with E-state index < -0.39 is 7.92 Å². The number of hydrogen-bond donors (Lipinski definition) is 0. The van der Waals surface area contributed by atoms with E-state index in [1.54, 1.807) is 0 Å². The van der Waals surface area contributed by atoms with Gasteiger partial charge < -0.3 is 0 Å². The minimum absolute atomic E-state index is 0. The third kappa shape index (κ3) is 4.43. The monoisotopic (exact) mass is 357 g/mol. The van der Waals surface area contributed by atoms with Crippen LogP contribution in [0.25, 0.3) is 0 Å². The van der Waals surface area contributed by atoms with Crippen LogP contribution in [0.4, 0.5) is 0 Å². The van der Waals surface area contributed by atoms with Crippen LogP contribution in [0.15, 0.2) is 91.0 Å². The van der Waals surface area contributed by atoms with Crippen molar-refractivity contribution >= 4 is 36.2 Å². The van der Waals surface area contributed by atoms with Gasteiger partial charge in [-0.1, -0.05) is 91.0 Å². The van der Waals surface area contributed by atoms with Gasteiger partial charge in [-0.15, -0.1) is 12.4 Å². The topological polar surface area (TPSA) is 0 Å². The normalized spacial score (nSPS) is 9.57. The van der Waals surface area contributed by atoms with Crippen molar-refractivity contribution in [3.05, 3.63) is 91.0 Å². The van der Waals surface area contributed by atoms with Crippen LogP contribution < -0.4 is 15.9 Å². The molecule has 21 heavy (non-hydrogen) atoms. The second-order valence-corrected chi connectivity index (χ2v) is 6.56. The molecule has 0 unspecified atom stereocenters. The zero-order valence-corrected chi connectivity index (χ0v) is 14.1. The third-order valence-corrected chi connectivity index (χ3v) is 5.49. The second kappa shape index (κ2) is 9.02. The molecule has 3 aromatic rings. The molecule has 0 saturated carbocycles. The minimum Gasteiger partial charge on any atom is -0.147 e. The van der Waals surface area contributed by atoms with E-state index in [-0.39, 0.29) is 29.2 Å². The molecule has 0 N–H and O–H groups in total.